The van der Waals surface area contributed by atoms with Gasteiger partial charge in [0.25, 0.3) is 0 Å². The van der Waals surface area contributed by atoms with Crippen molar-refractivity contribution < 1.29 is 4.74 Å². The van der Waals surface area contributed by atoms with Crippen molar-refractivity contribution >= 4 is 23.9 Å². The van der Waals surface area contributed by atoms with Crippen molar-refractivity contribution in [3.63, 3.8) is 0 Å². The SMILES string of the molecule is c1ccc(Oc2ccc([Se]c3ccccc3)cc2)cc1. The zero-order valence-corrected chi connectivity index (χ0v) is 12.6. The third-order valence-electron chi connectivity index (χ3n) is 2.78. The molecule has 0 aliphatic heterocycles. The van der Waals surface area contributed by atoms with Gasteiger partial charge in [-0.05, 0) is 0 Å². The Balaban J connectivity index is 1.69. The Labute approximate surface area is 125 Å². The zero-order chi connectivity index (χ0) is 13.6. The van der Waals surface area contributed by atoms with E-state index in [1.165, 1.54) is 8.92 Å². The van der Waals surface area contributed by atoms with E-state index in [0.29, 0.717) is 15.0 Å². The van der Waals surface area contributed by atoms with E-state index >= 15 is 0 Å². The van der Waals surface area contributed by atoms with Crippen LogP contribution in [0.3, 0.4) is 0 Å². The molecule has 0 aliphatic rings. The van der Waals surface area contributed by atoms with Crippen LogP contribution in [0.1, 0.15) is 0 Å². The molecule has 0 amide bonds. The van der Waals surface area contributed by atoms with Gasteiger partial charge in [0, 0.05) is 0 Å². The number of hydrogen-bond acceptors (Lipinski definition) is 1. The molecule has 0 atom stereocenters. The summed E-state index contributed by atoms with van der Waals surface area (Å²) >= 11 is 0.354. The molecule has 0 bridgehead atoms. The molecule has 1 nitrogen and oxygen atoms in total. The minimum absolute atomic E-state index is 0.354. The summed E-state index contributed by atoms with van der Waals surface area (Å²) in [7, 11) is 0. The van der Waals surface area contributed by atoms with Crippen LogP contribution in [-0.2, 0) is 0 Å². The van der Waals surface area contributed by atoms with Crippen LogP contribution in [0.5, 0.6) is 11.5 Å². The van der Waals surface area contributed by atoms with Crippen LogP contribution in [0.4, 0.5) is 0 Å². The maximum absolute atomic E-state index is 5.79. The van der Waals surface area contributed by atoms with E-state index in [1.54, 1.807) is 0 Å². The monoisotopic (exact) mass is 326 g/mol. The van der Waals surface area contributed by atoms with Crippen molar-refractivity contribution in [2.24, 2.45) is 0 Å². The van der Waals surface area contributed by atoms with Gasteiger partial charge < -0.3 is 0 Å². The van der Waals surface area contributed by atoms with Gasteiger partial charge in [-0.15, -0.1) is 0 Å². The Hall–Kier alpha value is -2.02. The van der Waals surface area contributed by atoms with Gasteiger partial charge in [-0.25, -0.2) is 0 Å². The number of ether oxygens (including phenoxy) is 1. The zero-order valence-electron chi connectivity index (χ0n) is 10.9. The minimum atomic E-state index is 0.354. The van der Waals surface area contributed by atoms with Crippen LogP contribution in [0.2, 0.25) is 0 Å². The average Bonchev–Trinajstić information content (AvgIpc) is 2.51. The molecule has 0 fully saturated rings. The van der Waals surface area contributed by atoms with Gasteiger partial charge in [-0.2, -0.15) is 0 Å². The molecule has 3 aromatic rings. The molecule has 0 unspecified atom stereocenters. The topological polar surface area (TPSA) is 9.23 Å². The fourth-order valence-electron chi connectivity index (χ4n) is 1.82. The molecule has 2 heteroatoms. The second kappa shape index (κ2) is 6.42. The summed E-state index contributed by atoms with van der Waals surface area (Å²) in [5.41, 5.74) is 0. The average molecular weight is 325 g/mol. The first kappa shape index (κ1) is 13.0. The van der Waals surface area contributed by atoms with E-state index in [9.17, 15) is 0 Å². The van der Waals surface area contributed by atoms with Crippen molar-refractivity contribution in [1.29, 1.82) is 0 Å². The Bertz CT molecular complexity index is 588. The molecule has 20 heavy (non-hydrogen) atoms. The predicted octanol–water partition coefficient (Wildman–Crippen LogP) is 3.13. The van der Waals surface area contributed by atoms with Crippen molar-refractivity contribution in [2.75, 3.05) is 0 Å². The molecule has 3 rings (SSSR count). The summed E-state index contributed by atoms with van der Waals surface area (Å²) in [6.45, 7) is 0. The van der Waals surface area contributed by atoms with E-state index in [4.69, 9.17) is 4.74 Å². The summed E-state index contributed by atoms with van der Waals surface area (Å²) in [6, 6.07) is 28.8. The number of para-hydroxylation sites is 1. The van der Waals surface area contributed by atoms with Crippen LogP contribution in [0, 0.1) is 0 Å². The molecule has 0 spiro atoms. The second-order valence-corrected chi connectivity index (χ2v) is 6.71. The van der Waals surface area contributed by atoms with Crippen LogP contribution in [-0.4, -0.2) is 15.0 Å². The number of benzene rings is 3. The van der Waals surface area contributed by atoms with E-state index < -0.39 is 0 Å². The summed E-state index contributed by atoms with van der Waals surface area (Å²) in [4.78, 5) is 0. The summed E-state index contributed by atoms with van der Waals surface area (Å²) < 4.78 is 8.53. The second-order valence-electron chi connectivity index (χ2n) is 4.30. The quantitative estimate of drug-likeness (QED) is 0.670. The fourth-order valence-corrected chi connectivity index (χ4v) is 3.58. The van der Waals surface area contributed by atoms with Crippen molar-refractivity contribution in [2.45, 2.75) is 0 Å². The molecule has 0 heterocycles. The molecule has 0 N–H and O–H groups in total. The van der Waals surface area contributed by atoms with Crippen LogP contribution in [0.25, 0.3) is 0 Å². The Morgan fingerprint density at radius 3 is 1.65 bits per heavy atom. The van der Waals surface area contributed by atoms with Crippen molar-refractivity contribution in [3.05, 3.63) is 84.9 Å². The Morgan fingerprint density at radius 2 is 1.00 bits per heavy atom. The molecular weight excluding hydrogens is 311 g/mol. The molecule has 0 aliphatic carbocycles. The van der Waals surface area contributed by atoms with E-state index in [-0.39, 0.29) is 0 Å². The molecule has 0 aromatic heterocycles. The third-order valence-corrected chi connectivity index (χ3v) is 4.91. The Kier molecular flexibility index (Phi) is 4.17. The molecular formula is C18H14OSe. The maximum atomic E-state index is 5.79. The summed E-state index contributed by atoms with van der Waals surface area (Å²) in [6.07, 6.45) is 0. The molecule has 0 radical (unpaired) electrons. The molecule has 3 aromatic carbocycles. The van der Waals surface area contributed by atoms with E-state index in [1.807, 2.05) is 42.5 Å². The van der Waals surface area contributed by atoms with Gasteiger partial charge in [0.2, 0.25) is 0 Å². The van der Waals surface area contributed by atoms with Gasteiger partial charge >= 0.3 is 125 Å². The van der Waals surface area contributed by atoms with Gasteiger partial charge in [-0.3, -0.25) is 0 Å². The third kappa shape index (κ3) is 3.51. The number of rotatable bonds is 4. The van der Waals surface area contributed by atoms with E-state index in [0.717, 1.165) is 11.5 Å². The molecule has 0 saturated heterocycles. The molecule has 98 valence electrons. The number of hydrogen-bond donors (Lipinski definition) is 0. The first-order valence-electron chi connectivity index (χ1n) is 6.46. The summed E-state index contributed by atoms with van der Waals surface area (Å²) in [5, 5.41) is 0. The van der Waals surface area contributed by atoms with Gasteiger partial charge in [-0.1, -0.05) is 0 Å². The van der Waals surface area contributed by atoms with Crippen LogP contribution < -0.4 is 13.7 Å². The van der Waals surface area contributed by atoms with Crippen molar-refractivity contribution in [3.8, 4) is 11.5 Å². The van der Waals surface area contributed by atoms with Crippen molar-refractivity contribution in [1.82, 2.24) is 0 Å². The van der Waals surface area contributed by atoms with Gasteiger partial charge in [0.1, 0.15) is 0 Å². The van der Waals surface area contributed by atoms with Gasteiger partial charge in [0.15, 0.2) is 0 Å². The van der Waals surface area contributed by atoms with Gasteiger partial charge in [0.05, 0.1) is 0 Å². The van der Waals surface area contributed by atoms with Crippen LogP contribution in [0.15, 0.2) is 84.9 Å². The summed E-state index contributed by atoms with van der Waals surface area (Å²) in [5.74, 6) is 1.75. The van der Waals surface area contributed by atoms with E-state index in [2.05, 4.69) is 42.5 Å². The first-order valence-corrected chi connectivity index (χ1v) is 8.17. The van der Waals surface area contributed by atoms with Crippen LogP contribution >= 0.6 is 0 Å². The molecule has 0 saturated carbocycles. The first-order chi connectivity index (χ1) is 9.90. The normalized spacial score (nSPS) is 10.2. The predicted molar refractivity (Wildman–Crippen MR) is 84.4 cm³/mol. The fraction of sp³-hybridized carbons (Fsp3) is 0. The standard InChI is InChI=1S/C18H14OSe/c1-3-7-15(8-4-1)19-16-11-13-18(14-12-16)20-17-9-5-2-6-10-17/h1-14H. The Morgan fingerprint density at radius 1 is 0.500 bits per heavy atom.